The molecular weight excluding hydrogens is 283 g/mol. The van der Waals surface area contributed by atoms with Crippen LogP contribution in [0.2, 0.25) is 0 Å². The van der Waals surface area contributed by atoms with Crippen molar-refractivity contribution in [1.29, 1.82) is 0 Å². The van der Waals surface area contributed by atoms with Crippen molar-refractivity contribution >= 4 is 23.2 Å². The highest BCUT2D eigenvalue weighted by molar-refractivity contribution is 6.08. The van der Waals surface area contributed by atoms with E-state index in [9.17, 15) is 14.0 Å². The zero-order valence-corrected chi connectivity index (χ0v) is 12.1. The number of halogens is 1. The lowest BCUT2D eigenvalue weighted by molar-refractivity contribution is -0.114. The van der Waals surface area contributed by atoms with E-state index in [-0.39, 0.29) is 17.6 Å². The van der Waals surface area contributed by atoms with Crippen molar-refractivity contribution in [3.8, 4) is 0 Å². The number of hydrogen-bond donors (Lipinski definition) is 1. The summed E-state index contributed by atoms with van der Waals surface area (Å²) in [5, 5.41) is 2.64. The molecule has 1 aliphatic rings. The van der Waals surface area contributed by atoms with Crippen molar-refractivity contribution in [2.75, 3.05) is 16.8 Å². The van der Waals surface area contributed by atoms with E-state index in [1.54, 1.807) is 30.3 Å². The highest BCUT2D eigenvalue weighted by Gasteiger charge is 2.28. The fraction of sp³-hybridized carbons (Fsp3) is 0.176. The molecule has 5 heteroatoms. The van der Waals surface area contributed by atoms with Crippen LogP contribution < -0.4 is 10.2 Å². The molecule has 2 aromatic carbocycles. The molecule has 0 saturated heterocycles. The maximum absolute atomic E-state index is 14.0. The molecule has 0 aliphatic carbocycles. The van der Waals surface area contributed by atoms with Gasteiger partial charge in [-0.2, -0.15) is 0 Å². The summed E-state index contributed by atoms with van der Waals surface area (Å²) in [4.78, 5) is 25.2. The van der Waals surface area contributed by atoms with E-state index in [1.165, 1.54) is 17.9 Å². The van der Waals surface area contributed by atoms with Gasteiger partial charge in [-0.3, -0.25) is 9.59 Å². The molecule has 0 unspecified atom stereocenters. The number of amides is 2. The van der Waals surface area contributed by atoms with E-state index in [2.05, 4.69) is 5.32 Å². The Balaban J connectivity index is 1.92. The van der Waals surface area contributed by atoms with Crippen molar-refractivity contribution in [2.24, 2.45) is 0 Å². The first-order valence-electron chi connectivity index (χ1n) is 7.03. The minimum absolute atomic E-state index is 0.206. The number of fused-ring (bicyclic) bond motifs is 1. The molecule has 0 fully saturated rings. The van der Waals surface area contributed by atoms with Crippen LogP contribution in [-0.2, 0) is 11.2 Å². The molecule has 2 amide bonds. The number of carbonyl (C=O) groups is 2. The van der Waals surface area contributed by atoms with Crippen LogP contribution >= 0.6 is 0 Å². The van der Waals surface area contributed by atoms with Crippen molar-refractivity contribution < 1.29 is 14.0 Å². The number of para-hydroxylation sites is 1. The predicted molar refractivity (Wildman–Crippen MR) is 82.5 cm³/mol. The third-order valence-electron chi connectivity index (χ3n) is 3.62. The van der Waals surface area contributed by atoms with Gasteiger partial charge in [-0.1, -0.05) is 18.2 Å². The zero-order valence-electron chi connectivity index (χ0n) is 12.1. The number of nitrogens with one attached hydrogen (secondary N) is 1. The zero-order chi connectivity index (χ0) is 15.7. The summed E-state index contributed by atoms with van der Waals surface area (Å²) < 4.78 is 14.0. The fourth-order valence-corrected chi connectivity index (χ4v) is 2.70. The Kier molecular flexibility index (Phi) is 3.63. The topological polar surface area (TPSA) is 49.4 Å². The predicted octanol–water partition coefficient (Wildman–Crippen LogP) is 2.99. The van der Waals surface area contributed by atoms with Gasteiger partial charge in [0.1, 0.15) is 5.82 Å². The largest absolute Gasteiger partial charge is 0.326 e. The summed E-state index contributed by atoms with van der Waals surface area (Å²) >= 11 is 0. The average Bonchev–Trinajstić information content (AvgIpc) is 2.91. The number of hydrogen-bond acceptors (Lipinski definition) is 2. The Morgan fingerprint density at radius 3 is 2.73 bits per heavy atom. The highest BCUT2D eigenvalue weighted by Crippen LogP contribution is 2.32. The highest BCUT2D eigenvalue weighted by atomic mass is 19.1. The molecule has 4 nitrogen and oxygen atoms in total. The van der Waals surface area contributed by atoms with Gasteiger partial charge in [0.25, 0.3) is 5.91 Å². The SMILES string of the molecule is CC(=O)Nc1cccc(C(=O)N2CCc3cccc(F)c32)c1. The van der Waals surface area contributed by atoms with Crippen LogP contribution in [-0.4, -0.2) is 18.4 Å². The van der Waals surface area contributed by atoms with Crippen molar-refractivity contribution in [2.45, 2.75) is 13.3 Å². The standard InChI is InChI=1S/C17H15FN2O2/c1-11(21)19-14-6-2-5-13(10-14)17(22)20-9-8-12-4-3-7-15(18)16(12)20/h2-7,10H,8-9H2,1H3,(H,19,21). The quantitative estimate of drug-likeness (QED) is 0.926. The van der Waals surface area contributed by atoms with E-state index < -0.39 is 0 Å². The summed E-state index contributed by atoms with van der Waals surface area (Å²) in [6, 6.07) is 11.5. The Hall–Kier alpha value is -2.69. The van der Waals surface area contributed by atoms with E-state index in [0.29, 0.717) is 29.9 Å². The molecule has 1 N–H and O–H groups in total. The van der Waals surface area contributed by atoms with Crippen LogP contribution in [0.15, 0.2) is 42.5 Å². The molecular formula is C17H15FN2O2. The lowest BCUT2D eigenvalue weighted by Crippen LogP contribution is -2.29. The monoisotopic (exact) mass is 298 g/mol. The van der Waals surface area contributed by atoms with E-state index in [4.69, 9.17) is 0 Å². The van der Waals surface area contributed by atoms with Crippen LogP contribution in [0.5, 0.6) is 0 Å². The molecule has 1 aliphatic heterocycles. The van der Waals surface area contributed by atoms with Gasteiger partial charge in [0, 0.05) is 24.7 Å². The van der Waals surface area contributed by atoms with Crippen molar-refractivity contribution in [3.63, 3.8) is 0 Å². The normalized spacial score (nSPS) is 12.9. The average molecular weight is 298 g/mol. The minimum atomic E-state index is -0.388. The van der Waals surface area contributed by atoms with E-state index >= 15 is 0 Å². The molecule has 1 heterocycles. The van der Waals surface area contributed by atoms with Crippen LogP contribution in [0.1, 0.15) is 22.8 Å². The number of anilines is 2. The van der Waals surface area contributed by atoms with Gasteiger partial charge in [0.15, 0.2) is 0 Å². The van der Waals surface area contributed by atoms with Crippen molar-refractivity contribution in [1.82, 2.24) is 0 Å². The van der Waals surface area contributed by atoms with Gasteiger partial charge in [-0.15, -0.1) is 0 Å². The van der Waals surface area contributed by atoms with Gasteiger partial charge in [0.05, 0.1) is 5.69 Å². The lowest BCUT2D eigenvalue weighted by Gasteiger charge is -2.18. The Bertz CT molecular complexity index is 758. The molecule has 0 saturated carbocycles. The van der Waals surface area contributed by atoms with Crippen LogP contribution in [0.25, 0.3) is 0 Å². The van der Waals surface area contributed by atoms with Crippen LogP contribution in [0, 0.1) is 5.82 Å². The second-order valence-electron chi connectivity index (χ2n) is 5.22. The number of rotatable bonds is 2. The summed E-state index contributed by atoms with van der Waals surface area (Å²) in [6.07, 6.45) is 0.643. The van der Waals surface area contributed by atoms with E-state index in [0.717, 1.165) is 5.56 Å². The van der Waals surface area contributed by atoms with Gasteiger partial charge in [0.2, 0.25) is 5.91 Å². The molecule has 112 valence electrons. The molecule has 0 spiro atoms. The first kappa shape index (κ1) is 14.3. The maximum Gasteiger partial charge on any atom is 0.258 e. The Labute approximate surface area is 127 Å². The first-order valence-corrected chi connectivity index (χ1v) is 7.03. The van der Waals surface area contributed by atoms with Gasteiger partial charge in [-0.25, -0.2) is 4.39 Å². The lowest BCUT2D eigenvalue weighted by atomic mass is 10.1. The maximum atomic E-state index is 14.0. The minimum Gasteiger partial charge on any atom is -0.326 e. The van der Waals surface area contributed by atoms with Crippen molar-refractivity contribution in [3.05, 3.63) is 59.4 Å². The fourth-order valence-electron chi connectivity index (χ4n) is 2.70. The molecule has 0 aromatic heterocycles. The molecule has 2 aromatic rings. The summed E-state index contributed by atoms with van der Waals surface area (Å²) in [5.41, 5.74) is 2.16. The number of carbonyl (C=O) groups excluding carboxylic acids is 2. The van der Waals surface area contributed by atoms with Gasteiger partial charge >= 0.3 is 0 Å². The molecule has 22 heavy (non-hydrogen) atoms. The molecule has 3 rings (SSSR count). The first-order chi connectivity index (χ1) is 10.6. The summed E-state index contributed by atoms with van der Waals surface area (Å²) in [6.45, 7) is 1.86. The Morgan fingerprint density at radius 1 is 1.18 bits per heavy atom. The number of nitrogens with zero attached hydrogens (tertiary/aromatic N) is 1. The Morgan fingerprint density at radius 2 is 1.95 bits per heavy atom. The molecule has 0 atom stereocenters. The summed E-state index contributed by atoms with van der Waals surface area (Å²) in [7, 11) is 0. The van der Waals surface area contributed by atoms with Crippen LogP contribution in [0.3, 0.4) is 0 Å². The molecule has 0 radical (unpaired) electrons. The summed E-state index contributed by atoms with van der Waals surface area (Å²) in [5.74, 6) is -0.862. The van der Waals surface area contributed by atoms with E-state index in [1.807, 2.05) is 6.07 Å². The van der Waals surface area contributed by atoms with Crippen LogP contribution in [0.4, 0.5) is 15.8 Å². The number of benzene rings is 2. The smallest absolute Gasteiger partial charge is 0.258 e. The second-order valence-corrected chi connectivity index (χ2v) is 5.22. The van der Waals surface area contributed by atoms with Gasteiger partial charge < -0.3 is 10.2 Å². The third kappa shape index (κ3) is 2.57. The third-order valence-corrected chi connectivity index (χ3v) is 3.62. The molecule has 0 bridgehead atoms. The van der Waals surface area contributed by atoms with Gasteiger partial charge in [-0.05, 0) is 36.2 Å². The second kappa shape index (κ2) is 5.60.